The average Bonchev–Trinajstić information content (AvgIpc) is 2.93. The highest BCUT2D eigenvalue weighted by Gasteiger charge is 2.51. The Hall–Kier alpha value is -1.83. The molecular weight excluding hydrogens is 369 g/mol. The third-order valence-corrected chi connectivity index (χ3v) is 5.06. The van der Waals surface area contributed by atoms with Crippen LogP contribution in [0.1, 0.15) is 31.7 Å². The molecule has 4 amide bonds. The first kappa shape index (κ1) is 19.5. The van der Waals surface area contributed by atoms with Crippen molar-refractivity contribution in [1.29, 1.82) is 0 Å². The maximum absolute atomic E-state index is 12.2. The minimum Gasteiger partial charge on any atom is -0.324 e. The lowest BCUT2D eigenvalue weighted by molar-refractivity contribution is -0.187. The lowest BCUT2D eigenvalue weighted by Crippen LogP contribution is -2.62. The quantitative estimate of drug-likeness (QED) is 0.276. The summed E-state index contributed by atoms with van der Waals surface area (Å²) in [5, 5.41) is 16.1. The number of carbonyl (C=O) groups excluding carboxylic acids is 3. The van der Waals surface area contributed by atoms with E-state index < -0.39 is 23.5 Å². The second-order valence-corrected chi connectivity index (χ2v) is 6.79. The van der Waals surface area contributed by atoms with Gasteiger partial charge in [-0.3, -0.25) is 20.1 Å². The van der Waals surface area contributed by atoms with Gasteiger partial charge in [-0.25, -0.2) is 9.86 Å². The average molecular weight is 388 g/mol. The molecule has 1 fully saturated rings. The van der Waals surface area contributed by atoms with E-state index in [2.05, 4.69) is 10.6 Å². The largest absolute Gasteiger partial charge is 0.324 e. The third-order valence-electron chi connectivity index (χ3n) is 4.33. The number of unbranched alkanes of at least 4 members (excludes halogenated alkanes) is 1. The summed E-state index contributed by atoms with van der Waals surface area (Å²) in [7, 11) is 0. The molecule has 7 nitrogen and oxygen atoms in total. The fourth-order valence-electron chi connectivity index (χ4n) is 3.05. The predicted molar refractivity (Wildman–Crippen MR) is 92.6 cm³/mol. The molecule has 0 radical (unpaired) electrons. The standard InChI is InChI=1S/C16H19Cl2N3O4/c1-2-3-6-16(21(25)9-22,13-14(23)20-15(24)19-13)8-10-4-5-11(17)12(18)7-10/h4-5,7,9,13,25H,2-3,6,8H2,1H3,(H2,19,20,23,24). The fraction of sp³-hybridized carbons (Fsp3) is 0.438. The summed E-state index contributed by atoms with van der Waals surface area (Å²) in [5.41, 5.74) is -0.675. The van der Waals surface area contributed by atoms with Gasteiger partial charge >= 0.3 is 6.03 Å². The van der Waals surface area contributed by atoms with Gasteiger partial charge in [0.1, 0.15) is 11.6 Å². The van der Waals surface area contributed by atoms with E-state index in [-0.39, 0.29) is 12.8 Å². The van der Waals surface area contributed by atoms with E-state index >= 15 is 0 Å². The zero-order valence-electron chi connectivity index (χ0n) is 13.6. The van der Waals surface area contributed by atoms with Crippen LogP contribution in [0, 0.1) is 0 Å². The van der Waals surface area contributed by atoms with E-state index in [0.29, 0.717) is 33.5 Å². The molecule has 0 bridgehead atoms. The first-order valence-electron chi connectivity index (χ1n) is 7.83. The smallest absolute Gasteiger partial charge is 0.322 e. The highest BCUT2D eigenvalue weighted by molar-refractivity contribution is 6.42. The molecule has 1 aromatic rings. The van der Waals surface area contributed by atoms with Gasteiger partial charge in [0.15, 0.2) is 0 Å². The summed E-state index contributed by atoms with van der Waals surface area (Å²) in [6.45, 7) is 1.94. The van der Waals surface area contributed by atoms with Crippen LogP contribution in [0.3, 0.4) is 0 Å². The van der Waals surface area contributed by atoms with Gasteiger partial charge in [-0.05, 0) is 24.1 Å². The molecule has 2 rings (SSSR count). The van der Waals surface area contributed by atoms with Crippen LogP contribution in [-0.2, 0) is 16.0 Å². The fourth-order valence-corrected chi connectivity index (χ4v) is 3.37. The molecule has 3 N–H and O–H groups in total. The number of hydrogen-bond acceptors (Lipinski definition) is 4. The van der Waals surface area contributed by atoms with Gasteiger partial charge in [0.2, 0.25) is 6.41 Å². The number of amides is 4. The van der Waals surface area contributed by atoms with Crippen LogP contribution in [0.5, 0.6) is 0 Å². The van der Waals surface area contributed by atoms with Crippen molar-refractivity contribution < 1.29 is 19.6 Å². The Bertz CT molecular complexity index is 685. The van der Waals surface area contributed by atoms with Crippen molar-refractivity contribution in [2.45, 2.75) is 44.2 Å². The monoisotopic (exact) mass is 387 g/mol. The molecule has 1 aliphatic rings. The van der Waals surface area contributed by atoms with Crippen molar-refractivity contribution in [1.82, 2.24) is 15.7 Å². The molecule has 1 saturated heterocycles. The molecule has 0 aliphatic carbocycles. The lowest BCUT2D eigenvalue weighted by atomic mass is 9.79. The maximum atomic E-state index is 12.2. The van der Waals surface area contributed by atoms with Crippen LogP contribution in [0.2, 0.25) is 10.0 Å². The number of imide groups is 1. The number of hydrogen-bond donors (Lipinski definition) is 3. The molecule has 136 valence electrons. The first-order chi connectivity index (χ1) is 11.8. The van der Waals surface area contributed by atoms with Crippen molar-refractivity contribution in [2.75, 3.05) is 0 Å². The summed E-state index contributed by atoms with van der Waals surface area (Å²) in [6, 6.07) is 3.15. The number of carbonyl (C=O) groups is 3. The summed E-state index contributed by atoms with van der Waals surface area (Å²) in [4.78, 5) is 35.2. The van der Waals surface area contributed by atoms with Gasteiger partial charge in [-0.2, -0.15) is 0 Å². The van der Waals surface area contributed by atoms with Gasteiger partial charge in [-0.15, -0.1) is 0 Å². The van der Waals surface area contributed by atoms with Gasteiger partial charge in [-0.1, -0.05) is 49.0 Å². The topological polar surface area (TPSA) is 98.7 Å². The number of nitrogens with one attached hydrogen (secondary N) is 2. The highest BCUT2D eigenvalue weighted by Crippen LogP contribution is 2.32. The van der Waals surface area contributed by atoms with Crippen molar-refractivity contribution in [3.05, 3.63) is 33.8 Å². The second-order valence-electron chi connectivity index (χ2n) is 5.98. The van der Waals surface area contributed by atoms with Crippen LogP contribution in [0.25, 0.3) is 0 Å². The summed E-state index contributed by atoms with van der Waals surface area (Å²) in [6.07, 6.45) is 2.06. The molecule has 25 heavy (non-hydrogen) atoms. The Morgan fingerprint density at radius 2 is 2.04 bits per heavy atom. The molecule has 1 heterocycles. The van der Waals surface area contributed by atoms with E-state index in [9.17, 15) is 19.6 Å². The summed E-state index contributed by atoms with van der Waals surface area (Å²) in [5.74, 6) is -0.595. The van der Waals surface area contributed by atoms with E-state index in [1.807, 2.05) is 6.92 Å². The Morgan fingerprint density at radius 1 is 1.32 bits per heavy atom. The highest BCUT2D eigenvalue weighted by atomic mass is 35.5. The first-order valence-corrected chi connectivity index (χ1v) is 8.58. The van der Waals surface area contributed by atoms with Crippen molar-refractivity contribution in [2.24, 2.45) is 0 Å². The van der Waals surface area contributed by atoms with Gasteiger partial charge in [0.05, 0.1) is 10.0 Å². The zero-order chi connectivity index (χ0) is 18.6. The van der Waals surface area contributed by atoms with Gasteiger partial charge in [0, 0.05) is 6.42 Å². The Kier molecular flexibility index (Phi) is 6.26. The third kappa shape index (κ3) is 4.05. The van der Waals surface area contributed by atoms with Crippen LogP contribution in [-0.4, -0.2) is 40.2 Å². The Morgan fingerprint density at radius 3 is 2.56 bits per heavy atom. The summed E-state index contributed by atoms with van der Waals surface area (Å²) < 4.78 is 0. The van der Waals surface area contributed by atoms with Crippen LogP contribution >= 0.6 is 23.2 Å². The van der Waals surface area contributed by atoms with Crippen molar-refractivity contribution in [3.63, 3.8) is 0 Å². The van der Waals surface area contributed by atoms with Crippen LogP contribution in [0.4, 0.5) is 4.79 Å². The maximum Gasteiger partial charge on any atom is 0.322 e. The summed E-state index contributed by atoms with van der Waals surface area (Å²) >= 11 is 12.0. The van der Waals surface area contributed by atoms with Crippen molar-refractivity contribution in [3.8, 4) is 0 Å². The molecule has 1 aliphatic heterocycles. The van der Waals surface area contributed by atoms with E-state index in [4.69, 9.17) is 23.2 Å². The van der Waals surface area contributed by atoms with E-state index in [1.54, 1.807) is 18.2 Å². The second kappa shape index (κ2) is 8.03. The van der Waals surface area contributed by atoms with Crippen LogP contribution < -0.4 is 10.6 Å². The lowest BCUT2D eigenvalue weighted by Gasteiger charge is -2.41. The number of urea groups is 1. The minimum atomic E-state index is -1.34. The molecule has 2 atom stereocenters. The van der Waals surface area contributed by atoms with Crippen molar-refractivity contribution >= 4 is 41.6 Å². The molecule has 0 spiro atoms. The normalized spacial score (nSPS) is 19.1. The molecule has 1 aromatic carbocycles. The SMILES string of the molecule is CCCCC(Cc1ccc(Cl)c(Cl)c1)(C1NC(=O)NC1=O)N(O)C=O. The number of nitrogens with zero attached hydrogens (tertiary/aromatic N) is 1. The number of halogens is 2. The molecule has 2 unspecified atom stereocenters. The zero-order valence-corrected chi connectivity index (χ0v) is 15.1. The van der Waals surface area contributed by atoms with E-state index in [1.165, 1.54) is 0 Å². The number of rotatable bonds is 8. The Balaban J connectivity index is 2.47. The molecular formula is C16H19Cl2N3O4. The van der Waals surface area contributed by atoms with E-state index in [0.717, 1.165) is 6.42 Å². The predicted octanol–water partition coefficient (Wildman–Crippen LogP) is 2.52. The van der Waals surface area contributed by atoms with Gasteiger partial charge in [0.25, 0.3) is 5.91 Å². The Labute approximate surface area is 155 Å². The molecule has 0 aromatic heterocycles. The van der Waals surface area contributed by atoms with Gasteiger partial charge < -0.3 is 5.32 Å². The number of hydroxylamine groups is 2. The molecule has 9 heteroatoms. The van der Waals surface area contributed by atoms with Crippen LogP contribution in [0.15, 0.2) is 18.2 Å². The molecule has 0 saturated carbocycles. The minimum absolute atomic E-state index is 0.109. The number of benzene rings is 1.